The van der Waals surface area contributed by atoms with Gasteiger partial charge in [0.1, 0.15) is 5.75 Å². The van der Waals surface area contributed by atoms with E-state index >= 15 is 0 Å². The van der Waals surface area contributed by atoms with Crippen molar-refractivity contribution in [3.05, 3.63) is 29.8 Å². The lowest BCUT2D eigenvalue weighted by molar-refractivity contribution is -0.127. The van der Waals surface area contributed by atoms with Crippen LogP contribution in [-0.4, -0.2) is 44.1 Å². The van der Waals surface area contributed by atoms with Gasteiger partial charge in [-0.2, -0.15) is 0 Å². The average molecular weight is 332 g/mol. The zero-order chi connectivity index (χ0) is 17.4. The van der Waals surface area contributed by atoms with Crippen molar-refractivity contribution in [2.45, 2.75) is 51.5 Å². The summed E-state index contributed by atoms with van der Waals surface area (Å²) in [6.07, 6.45) is 6.15. The molecule has 0 aromatic heterocycles. The predicted octanol–water partition coefficient (Wildman–Crippen LogP) is 3.25. The molecule has 1 fully saturated rings. The number of carbonyl (C=O) groups is 1. The normalized spacial score (nSPS) is 17.5. The van der Waals surface area contributed by atoms with Gasteiger partial charge in [0.2, 0.25) is 5.91 Å². The van der Waals surface area contributed by atoms with E-state index < -0.39 is 0 Å². The van der Waals surface area contributed by atoms with Gasteiger partial charge in [0, 0.05) is 12.0 Å². The number of carbonyl (C=O) groups excluding carboxylic acids is 1. The molecule has 1 heterocycles. The fraction of sp³-hybridized carbons (Fsp3) is 0.650. The maximum atomic E-state index is 12.6. The van der Waals surface area contributed by atoms with Crippen molar-refractivity contribution < 1.29 is 9.53 Å². The van der Waals surface area contributed by atoms with E-state index in [9.17, 15) is 4.79 Å². The van der Waals surface area contributed by atoms with Gasteiger partial charge in [-0.3, -0.25) is 4.79 Å². The molecule has 1 amide bonds. The van der Waals surface area contributed by atoms with Gasteiger partial charge in [-0.05, 0) is 63.5 Å². The Labute approximate surface area is 146 Å². The van der Waals surface area contributed by atoms with E-state index in [0.29, 0.717) is 0 Å². The standard InChI is InChI=1S/C20H32N2O2/c1-4-5-8-18(14-16-7-6-9-19(15-16)24-3)21-20(23)17-10-12-22(2)13-11-17/h6-7,9,15,17-18H,4-5,8,10-14H2,1-3H3,(H,21,23). The molecule has 1 N–H and O–H groups in total. The van der Waals surface area contributed by atoms with E-state index in [1.54, 1.807) is 7.11 Å². The Hall–Kier alpha value is -1.55. The number of unbranched alkanes of at least 4 members (excludes halogenated alkanes) is 1. The van der Waals surface area contributed by atoms with Crippen LogP contribution in [0.5, 0.6) is 5.75 Å². The molecule has 2 rings (SSSR count). The van der Waals surface area contributed by atoms with Gasteiger partial charge in [-0.25, -0.2) is 0 Å². The van der Waals surface area contributed by atoms with Crippen molar-refractivity contribution in [2.75, 3.05) is 27.2 Å². The minimum atomic E-state index is 0.177. The Bertz CT molecular complexity index is 510. The van der Waals surface area contributed by atoms with Crippen LogP contribution in [0.25, 0.3) is 0 Å². The lowest BCUT2D eigenvalue weighted by Gasteiger charge is -2.29. The molecule has 1 atom stereocenters. The minimum absolute atomic E-state index is 0.177. The topological polar surface area (TPSA) is 41.6 Å². The molecule has 0 radical (unpaired) electrons. The lowest BCUT2D eigenvalue weighted by atomic mass is 9.94. The van der Waals surface area contributed by atoms with Crippen LogP contribution in [0.2, 0.25) is 0 Å². The van der Waals surface area contributed by atoms with Crippen LogP contribution in [-0.2, 0) is 11.2 Å². The Morgan fingerprint density at radius 1 is 1.38 bits per heavy atom. The molecule has 1 aromatic carbocycles. The number of hydrogen-bond donors (Lipinski definition) is 1. The highest BCUT2D eigenvalue weighted by atomic mass is 16.5. The molecule has 4 nitrogen and oxygen atoms in total. The molecule has 1 unspecified atom stereocenters. The second-order valence-electron chi connectivity index (χ2n) is 6.98. The number of likely N-dealkylation sites (tertiary alicyclic amines) is 1. The first-order chi connectivity index (χ1) is 11.6. The number of methoxy groups -OCH3 is 1. The first-order valence-corrected chi connectivity index (χ1v) is 9.24. The van der Waals surface area contributed by atoms with Crippen LogP contribution in [0.3, 0.4) is 0 Å². The van der Waals surface area contributed by atoms with Crippen LogP contribution in [0.15, 0.2) is 24.3 Å². The third-order valence-electron chi connectivity index (χ3n) is 4.96. The fourth-order valence-electron chi connectivity index (χ4n) is 3.35. The molecule has 0 bridgehead atoms. The van der Waals surface area contributed by atoms with E-state index in [0.717, 1.165) is 57.4 Å². The summed E-state index contributed by atoms with van der Waals surface area (Å²) in [6, 6.07) is 8.37. The van der Waals surface area contributed by atoms with Gasteiger partial charge in [0.05, 0.1) is 7.11 Å². The van der Waals surface area contributed by atoms with E-state index in [1.165, 1.54) is 5.56 Å². The zero-order valence-corrected chi connectivity index (χ0v) is 15.4. The number of nitrogens with zero attached hydrogens (tertiary/aromatic N) is 1. The first-order valence-electron chi connectivity index (χ1n) is 9.24. The summed E-state index contributed by atoms with van der Waals surface area (Å²) in [5, 5.41) is 3.32. The highest BCUT2D eigenvalue weighted by Gasteiger charge is 2.25. The molecule has 1 aliphatic heterocycles. The van der Waals surface area contributed by atoms with Gasteiger partial charge < -0.3 is 15.0 Å². The summed E-state index contributed by atoms with van der Waals surface area (Å²) in [5.41, 5.74) is 1.22. The number of nitrogens with one attached hydrogen (secondary N) is 1. The highest BCUT2D eigenvalue weighted by Crippen LogP contribution is 2.19. The van der Waals surface area contributed by atoms with Gasteiger partial charge in [0.15, 0.2) is 0 Å². The number of ether oxygens (including phenoxy) is 1. The monoisotopic (exact) mass is 332 g/mol. The molecular weight excluding hydrogens is 300 g/mol. The summed E-state index contributed by atoms with van der Waals surface area (Å²) in [4.78, 5) is 14.9. The quantitative estimate of drug-likeness (QED) is 0.794. The molecule has 0 spiro atoms. The minimum Gasteiger partial charge on any atom is -0.497 e. The molecule has 0 saturated carbocycles. The van der Waals surface area contributed by atoms with Gasteiger partial charge in [-0.1, -0.05) is 31.9 Å². The second-order valence-corrected chi connectivity index (χ2v) is 6.98. The molecule has 1 saturated heterocycles. The van der Waals surface area contributed by atoms with Crippen molar-refractivity contribution in [1.82, 2.24) is 10.2 Å². The smallest absolute Gasteiger partial charge is 0.223 e. The molecular formula is C20H32N2O2. The Morgan fingerprint density at radius 2 is 2.12 bits per heavy atom. The maximum absolute atomic E-state index is 12.6. The number of benzene rings is 1. The van der Waals surface area contributed by atoms with Crippen LogP contribution in [0.4, 0.5) is 0 Å². The maximum Gasteiger partial charge on any atom is 0.223 e. The number of amides is 1. The van der Waals surface area contributed by atoms with Crippen molar-refractivity contribution in [3.8, 4) is 5.75 Å². The van der Waals surface area contributed by atoms with Crippen LogP contribution < -0.4 is 10.1 Å². The number of piperidine rings is 1. The summed E-state index contributed by atoms with van der Waals surface area (Å²) in [5.74, 6) is 1.30. The third kappa shape index (κ3) is 5.82. The molecule has 134 valence electrons. The van der Waals surface area contributed by atoms with Gasteiger partial charge in [-0.15, -0.1) is 0 Å². The van der Waals surface area contributed by atoms with Crippen molar-refractivity contribution in [2.24, 2.45) is 5.92 Å². The fourth-order valence-corrected chi connectivity index (χ4v) is 3.35. The van der Waals surface area contributed by atoms with Crippen LogP contribution >= 0.6 is 0 Å². The summed E-state index contributed by atoms with van der Waals surface area (Å²) in [6.45, 7) is 4.24. The molecule has 1 aromatic rings. The summed E-state index contributed by atoms with van der Waals surface area (Å²) in [7, 11) is 3.82. The molecule has 1 aliphatic rings. The molecule has 24 heavy (non-hydrogen) atoms. The van der Waals surface area contributed by atoms with E-state index in [2.05, 4.69) is 36.3 Å². The largest absolute Gasteiger partial charge is 0.497 e. The zero-order valence-electron chi connectivity index (χ0n) is 15.4. The Balaban J connectivity index is 1.95. The van der Waals surface area contributed by atoms with Gasteiger partial charge in [0.25, 0.3) is 0 Å². The lowest BCUT2D eigenvalue weighted by Crippen LogP contribution is -2.43. The third-order valence-corrected chi connectivity index (χ3v) is 4.96. The SMILES string of the molecule is CCCCC(Cc1cccc(OC)c1)NC(=O)C1CCN(C)CC1. The average Bonchev–Trinajstić information content (AvgIpc) is 2.60. The van der Waals surface area contributed by atoms with Crippen LogP contribution in [0, 0.1) is 5.92 Å². The van der Waals surface area contributed by atoms with Gasteiger partial charge >= 0.3 is 0 Å². The van der Waals surface area contributed by atoms with Crippen molar-refractivity contribution in [1.29, 1.82) is 0 Å². The summed E-state index contributed by atoms with van der Waals surface area (Å²) >= 11 is 0. The Morgan fingerprint density at radius 3 is 2.79 bits per heavy atom. The van der Waals surface area contributed by atoms with E-state index in [4.69, 9.17) is 4.74 Å². The molecule has 0 aliphatic carbocycles. The summed E-state index contributed by atoms with van der Waals surface area (Å²) < 4.78 is 5.31. The second kappa shape index (κ2) is 9.67. The Kier molecular flexibility index (Phi) is 7.57. The van der Waals surface area contributed by atoms with E-state index in [1.807, 2.05) is 12.1 Å². The van der Waals surface area contributed by atoms with E-state index in [-0.39, 0.29) is 17.9 Å². The van der Waals surface area contributed by atoms with Crippen molar-refractivity contribution >= 4 is 5.91 Å². The molecule has 4 heteroatoms. The number of hydrogen-bond acceptors (Lipinski definition) is 3. The first kappa shape index (κ1) is 18.8. The number of rotatable bonds is 8. The van der Waals surface area contributed by atoms with Crippen molar-refractivity contribution in [3.63, 3.8) is 0 Å². The van der Waals surface area contributed by atoms with Crippen LogP contribution in [0.1, 0.15) is 44.6 Å². The highest BCUT2D eigenvalue weighted by molar-refractivity contribution is 5.79. The predicted molar refractivity (Wildman–Crippen MR) is 98.4 cm³/mol.